The number of hydrogen-bond donors (Lipinski definition) is 2. The minimum absolute atomic E-state index is 0.359. The first kappa shape index (κ1) is 10.6. The Kier molecular flexibility index (Phi) is 2.57. The largest absolute Gasteiger partial charge is 0.347 e. The summed E-state index contributed by atoms with van der Waals surface area (Å²) in [7, 11) is 0. The maximum Gasteiger partial charge on any atom is 0.347 e. The Morgan fingerprint density at radius 2 is 2.06 bits per heavy atom. The van der Waals surface area contributed by atoms with E-state index >= 15 is 0 Å². The molecular formula is C10H11FN4O. The number of benzene rings is 1. The number of aromatic nitrogens is 3. The number of aromatic amines is 1. The van der Waals surface area contributed by atoms with Crippen LogP contribution in [0.4, 0.5) is 4.39 Å². The van der Waals surface area contributed by atoms with Gasteiger partial charge in [-0.1, -0.05) is 0 Å². The van der Waals surface area contributed by atoms with Gasteiger partial charge in [-0.05, 0) is 31.2 Å². The summed E-state index contributed by atoms with van der Waals surface area (Å²) in [5.41, 5.74) is 5.82. The third kappa shape index (κ3) is 1.74. The molecule has 0 spiro atoms. The molecule has 2 aromatic rings. The highest BCUT2D eigenvalue weighted by atomic mass is 19.1. The highest BCUT2D eigenvalue weighted by molar-refractivity contribution is 5.33. The third-order valence-electron chi connectivity index (χ3n) is 2.19. The number of H-pyrrole nitrogens is 1. The van der Waals surface area contributed by atoms with Crippen LogP contribution < -0.4 is 11.4 Å². The van der Waals surface area contributed by atoms with Gasteiger partial charge in [0.15, 0.2) is 5.82 Å². The van der Waals surface area contributed by atoms with Crippen LogP contribution in [-0.4, -0.2) is 14.8 Å². The lowest BCUT2D eigenvalue weighted by molar-refractivity contribution is 0.626. The lowest BCUT2D eigenvalue weighted by Gasteiger charge is -2.07. The van der Waals surface area contributed by atoms with E-state index in [0.29, 0.717) is 11.5 Å². The Labute approximate surface area is 90.7 Å². The number of nitrogens with one attached hydrogen (secondary N) is 1. The molecule has 1 atom stereocenters. The van der Waals surface area contributed by atoms with Gasteiger partial charge in [0.25, 0.3) is 0 Å². The predicted molar refractivity (Wildman–Crippen MR) is 56.7 cm³/mol. The maximum absolute atomic E-state index is 12.8. The summed E-state index contributed by atoms with van der Waals surface area (Å²) in [6, 6.07) is 5.17. The van der Waals surface area contributed by atoms with Crippen molar-refractivity contribution in [3.05, 3.63) is 46.4 Å². The van der Waals surface area contributed by atoms with Crippen LogP contribution in [0.25, 0.3) is 5.69 Å². The Balaban J connectivity index is 2.59. The lowest BCUT2D eigenvalue weighted by atomic mass is 10.3. The molecule has 1 aromatic heterocycles. The van der Waals surface area contributed by atoms with Crippen LogP contribution in [0.2, 0.25) is 0 Å². The summed E-state index contributed by atoms with van der Waals surface area (Å²) >= 11 is 0. The normalized spacial score (nSPS) is 12.7. The molecule has 0 aliphatic heterocycles. The third-order valence-corrected chi connectivity index (χ3v) is 2.19. The minimum Gasteiger partial charge on any atom is -0.322 e. The van der Waals surface area contributed by atoms with Crippen LogP contribution in [0.1, 0.15) is 18.8 Å². The summed E-state index contributed by atoms with van der Waals surface area (Å²) in [5.74, 6) is 0.0549. The molecule has 0 bridgehead atoms. The summed E-state index contributed by atoms with van der Waals surface area (Å²) in [5, 5.41) is 6.14. The van der Waals surface area contributed by atoms with Gasteiger partial charge in [-0.3, -0.25) is 0 Å². The van der Waals surface area contributed by atoms with Gasteiger partial charge in [0.05, 0.1) is 11.7 Å². The Bertz CT molecular complexity index is 541. The predicted octanol–water partition coefficient (Wildman–Crippen LogP) is 0.719. The summed E-state index contributed by atoms with van der Waals surface area (Å²) in [6.07, 6.45) is 0. The Morgan fingerprint density at radius 1 is 1.44 bits per heavy atom. The van der Waals surface area contributed by atoms with Crippen molar-refractivity contribution in [1.82, 2.24) is 14.8 Å². The fraction of sp³-hybridized carbons (Fsp3) is 0.200. The molecule has 0 saturated carbocycles. The SMILES string of the molecule is CC(N)c1n[nH]c(=O)n1-c1ccc(F)cc1. The summed E-state index contributed by atoms with van der Waals surface area (Å²) in [4.78, 5) is 11.5. The number of rotatable bonds is 2. The van der Waals surface area contributed by atoms with Crippen molar-refractivity contribution < 1.29 is 4.39 Å². The van der Waals surface area contributed by atoms with Gasteiger partial charge in [0.1, 0.15) is 5.82 Å². The van der Waals surface area contributed by atoms with Crippen molar-refractivity contribution in [1.29, 1.82) is 0 Å². The van der Waals surface area contributed by atoms with Crippen LogP contribution in [0.3, 0.4) is 0 Å². The minimum atomic E-state index is -0.390. The van der Waals surface area contributed by atoms with E-state index < -0.39 is 0 Å². The molecule has 0 radical (unpaired) electrons. The van der Waals surface area contributed by atoms with Crippen molar-refractivity contribution in [2.24, 2.45) is 5.73 Å². The molecule has 1 heterocycles. The second-order valence-electron chi connectivity index (χ2n) is 3.49. The van der Waals surface area contributed by atoms with E-state index in [-0.39, 0.29) is 17.5 Å². The summed E-state index contributed by atoms with van der Waals surface area (Å²) < 4.78 is 14.1. The quantitative estimate of drug-likeness (QED) is 0.786. The molecule has 84 valence electrons. The average Bonchev–Trinajstić information content (AvgIpc) is 2.62. The van der Waals surface area contributed by atoms with Crippen molar-refractivity contribution >= 4 is 0 Å². The van der Waals surface area contributed by atoms with E-state index in [2.05, 4.69) is 10.2 Å². The van der Waals surface area contributed by atoms with Crippen LogP contribution in [0, 0.1) is 5.82 Å². The maximum atomic E-state index is 12.8. The van der Waals surface area contributed by atoms with E-state index in [4.69, 9.17) is 5.73 Å². The molecular weight excluding hydrogens is 211 g/mol. The Morgan fingerprint density at radius 3 is 2.62 bits per heavy atom. The standard InChI is InChI=1S/C10H11FN4O/c1-6(12)9-13-14-10(16)15(9)8-4-2-7(11)3-5-8/h2-6H,12H2,1H3,(H,14,16). The zero-order chi connectivity index (χ0) is 11.7. The van der Waals surface area contributed by atoms with E-state index in [1.54, 1.807) is 6.92 Å². The zero-order valence-corrected chi connectivity index (χ0v) is 8.64. The molecule has 6 heteroatoms. The molecule has 16 heavy (non-hydrogen) atoms. The van der Waals surface area contributed by atoms with Crippen molar-refractivity contribution in [3.8, 4) is 5.69 Å². The monoisotopic (exact) mass is 222 g/mol. The first-order valence-corrected chi connectivity index (χ1v) is 4.78. The molecule has 0 saturated heterocycles. The van der Waals surface area contributed by atoms with Crippen LogP contribution >= 0.6 is 0 Å². The van der Waals surface area contributed by atoms with Gasteiger partial charge >= 0.3 is 5.69 Å². The molecule has 2 rings (SSSR count). The molecule has 5 nitrogen and oxygen atoms in total. The highest BCUT2D eigenvalue weighted by Crippen LogP contribution is 2.11. The molecule has 1 aromatic carbocycles. The van der Waals surface area contributed by atoms with Gasteiger partial charge in [0.2, 0.25) is 0 Å². The molecule has 3 N–H and O–H groups in total. The fourth-order valence-electron chi connectivity index (χ4n) is 1.45. The van der Waals surface area contributed by atoms with Gasteiger partial charge in [0, 0.05) is 0 Å². The van der Waals surface area contributed by atoms with Gasteiger partial charge in [-0.25, -0.2) is 18.9 Å². The second-order valence-corrected chi connectivity index (χ2v) is 3.49. The smallest absolute Gasteiger partial charge is 0.322 e. The van der Waals surface area contributed by atoms with Crippen LogP contribution in [-0.2, 0) is 0 Å². The van der Waals surface area contributed by atoms with E-state index in [9.17, 15) is 9.18 Å². The number of hydrogen-bond acceptors (Lipinski definition) is 3. The van der Waals surface area contributed by atoms with Crippen LogP contribution in [0.15, 0.2) is 29.1 Å². The highest BCUT2D eigenvalue weighted by Gasteiger charge is 2.13. The second kappa shape index (κ2) is 3.90. The molecule has 0 amide bonds. The number of halogens is 1. The zero-order valence-electron chi connectivity index (χ0n) is 8.64. The molecule has 0 fully saturated rings. The first-order valence-electron chi connectivity index (χ1n) is 4.78. The lowest BCUT2D eigenvalue weighted by Crippen LogP contribution is -2.20. The topological polar surface area (TPSA) is 76.7 Å². The van der Waals surface area contributed by atoms with E-state index in [0.717, 1.165) is 0 Å². The average molecular weight is 222 g/mol. The van der Waals surface area contributed by atoms with E-state index in [1.165, 1.54) is 28.8 Å². The van der Waals surface area contributed by atoms with Crippen molar-refractivity contribution in [2.45, 2.75) is 13.0 Å². The van der Waals surface area contributed by atoms with Gasteiger partial charge in [-0.2, -0.15) is 5.10 Å². The van der Waals surface area contributed by atoms with Crippen molar-refractivity contribution in [2.75, 3.05) is 0 Å². The molecule has 0 aliphatic rings. The van der Waals surface area contributed by atoms with Crippen molar-refractivity contribution in [3.63, 3.8) is 0 Å². The molecule has 0 aliphatic carbocycles. The van der Waals surface area contributed by atoms with Crippen LogP contribution in [0.5, 0.6) is 0 Å². The summed E-state index contributed by atoms with van der Waals surface area (Å²) in [6.45, 7) is 1.72. The van der Waals surface area contributed by atoms with E-state index in [1.807, 2.05) is 0 Å². The number of nitrogens with two attached hydrogens (primary N) is 1. The van der Waals surface area contributed by atoms with Gasteiger partial charge < -0.3 is 5.73 Å². The number of nitrogens with zero attached hydrogens (tertiary/aromatic N) is 2. The fourth-order valence-corrected chi connectivity index (χ4v) is 1.45. The van der Waals surface area contributed by atoms with Gasteiger partial charge in [-0.15, -0.1) is 0 Å². The first-order chi connectivity index (χ1) is 7.59. The Hall–Kier alpha value is -1.95. The molecule has 1 unspecified atom stereocenters.